The van der Waals surface area contributed by atoms with E-state index in [1.807, 2.05) is 0 Å². The zero-order valence-electron chi connectivity index (χ0n) is 10.6. The van der Waals surface area contributed by atoms with Gasteiger partial charge in [0.1, 0.15) is 6.10 Å². The standard InChI is InChI=1S/C13H17NO5/c1-19-12(17)6-10(15)13(18)9-4-2-8(3-5-9)11(16)7-14/h2-5,10,13,15,18H,6-7,14H2,1H3. The van der Waals surface area contributed by atoms with Crippen molar-refractivity contribution in [3.05, 3.63) is 35.4 Å². The molecule has 0 saturated carbocycles. The number of rotatable bonds is 6. The van der Waals surface area contributed by atoms with Gasteiger partial charge in [0.05, 0.1) is 26.2 Å². The van der Waals surface area contributed by atoms with Crippen molar-refractivity contribution in [3.8, 4) is 0 Å². The zero-order chi connectivity index (χ0) is 14.4. The summed E-state index contributed by atoms with van der Waals surface area (Å²) in [4.78, 5) is 22.3. The van der Waals surface area contributed by atoms with E-state index in [0.29, 0.717) is 11.1 Å². The maximum Gasteiger partial charge on any atom is 0.308 e. The Morgan fingerprint density at radius 1 is 1.26 bits per heavy atom. The Morgan fingerprint density at radius 2 is 1.84 bits per heavy atom. The summed E-state index contributed by atoms with van der Waals surface area (Å²) in [6, 6.07) is 6.04. The molecule has 0 aliphatic rings. The smallest absolute Gasteiger partial charge is 0.308 e. The van der Waals surface area contributed by atoms with Crippen LogP contribution in [0.25, 0.3) is 0 Å². The molecule has 1 aromatic carbocycles. The van der Waals surface area contributed by atoms with Gasteiger partial charge in [0, 0.05) is 5.56 Å². The van der Waals surface area contributed by atoms with Gasteiger partial charge in [-0.15, -0.1) is 0 Å². The largest absolute Gasteiger partial charge is 0.469 e. The molecule has 104 valence electrons. The lowest BCUT2D eigenvalue weighted by molar-refractivity contribution is -0.144. The number of esters is 1. The Labute approximate surface area is 110 Å². The molecule has 1 rings (SSSR count). The first-order valence-electron chi connectivity index (χ1n) is 5.75. The van der Waals surface area contributed by atoms with Crippen molar-refractivity contribution in [2.75, 3.05) is 13.7 Å². The fourth-order valence-corrected chi connectivity index (χ4v) is 1.57. The summed E-state index contributed by atoms with van der Waals surface area (Å²) in [6.07, 6.45) is -2.79. The van der Waals surface area contributed by atoms with Crippen LogP contribution in [0.5, 0.6) is 0 Å². The van der Waals surface area contributed by atoms with Crippen LogP contribution in [0.1, 0.15) is 28.4 Å². The monoisotopic (exact) mass is 267 g/mol. The molecule has 6 heteroatoms. The number of hydrogen-bond donors (Lipinski definition) is 3. The number of ether oxygens (including phenoxy) is 1. The number of aliphatic hydroxyl groups is 2. The number of Topliss-reactive ketones (excluding diaryl/α,β-unsaturated/α-hetero) is 1. The average Bonchev–Trinajstić information content (AvgIpc) is 2.45. The van der Waals surface area contributed by atoms with Crippen LogP contribution in [-0.2, 0) is 9.53 Å². The van der Waals surface area contributed by atoms with Crippen molar-refractivity contribution in [1.29, 1.82) is 0 Å². The molecule has 19 heavy (non-hydrogen) atoms. The van der Waals surface area contributed by atoms with Crippen molar-refractivity contribution in [2.45, 2.75) is 18.6 Å². The minimum Gasteiger partial charge on any atom is -0.469 e. The highest BCUT2D eigenvalue weighted by molar-refractivity contribution is 5.97. The first-order valence-corrected chi connectivity index (χ1v) is 5.75. The minimum absolute atomic E-state index is 0.0904. The van der Waals surface area contributed by atoms with Crippen molar-refractivity contribution >= 4 is 11.8 Å². The van der Waals surface area contributed by atoms with E-state index in [1.54, 1.807) is 0 Å². The van der Waals surface area contributed by atoms with E-state index in [4.69, 9.17) is 5.73 Å². The predicted octanol–water partition coefficient (Wildman–Crippen LogP) is -0.215. The Balaban J connectivity index is 2.74. The molecule has 0 aromatic heterocycles. The lowest BCUT2D eigenvalue weighted by Gasteiger charge is -2.17. The van der Waals surface area contributed by atoms with Crippen LogP contribution >= 0.6 is 0 Å². The molecular weight excluding hydrogens is 250 g/mol. The molecular formula is C13H17NO5. The normalized spacial score (nSPS) is 13.7. The van der Waals surface area contributed by atoms with Gasteiger partial charge in [-0.1, -0.05) is 24.3 Å². The molecule has 0 aliphatic heterocycles. The first-order chi connectivity index (χ1) is 8.99. The minimum atomic E-state index is -1.26. The summed E-state index contributed by atoms with van der Waals surface area (Å²) < 4.78 is 4.40. The molecule has 0 heterocycles. The molecule has 0 aliphatic carbocycles. The van der Waals surface area contributed by atoms with Gasteiger partial charge in [-0.05, 0) is 5.56 Å². The quantitative estimate of drug-likeness (QED) is 0.486. The number of methoxy groups -OCH3 is 1. The zero-order valence-corrected chi connectivity index (χ0v) is 10.6. The number of hydrogen-bond acceptors (Lipinski definition) is 6. The van der Waals surface area contributed by atoms with E-state index in [9.17, 15) is 19.8 Å². The van der Waals surface area contributed by atoms with Crippen molar-refractivity contribution < 1.29 is 24.5 Å². The van der Waals surface area contributed by atoms with Gasteiger partial charge in [0.25, 0.3) is 0 Å². The Morgan fingerprint density at radius 3 is 2.32 bits per heavy atom. The lowest BCUT2D eigenvalue weighted by atomic mass is 10.00. The van der Waals surface area contributed by atoms with E-state index in [0.717, 1.165) is 0 Å². The summed E-state index contributed by atoms with van der Waals surface area (Å²) in [5, 5.41) is 19.5. The molecule has 6 nitrogen and oxygen atoms in total. The van der Waals surface area contributed by atoms with Crippen LogP contribution < -0.4 is 5.73 Å². The molecule has 1 aromatic rings. The Kier molecular flexibility index (Phi) is 5.62. The van der Waals surface area contributed by atoms with Crippen LogP contribution in [0.15, 0.2) is 24.3 Å². The summed E-state index contributed by atoms with van der Waals surface area (Å²) >= 11 is 0. The average molecular weight is 267 g/mol. The molecule has 4 N–H and O–H groups in total. The molecule has 2 unspecified atom stereocenters. The third kappa shape index (κ3) is 4.13. The predicted molar refractivity (Wildman–Crippen MR) is 67.4 cm³/mol. The maximum atomic E-state index is 11.3. The second-order valence-corrected chi connectivity index (χ2v) is 4.04. The molecule has 0 radical (unpaired) electrons. The van der Waals surface area contributed by atoms with E-state index in [2.05, 4.69) is 4.74 Å². The first kappa shape index (κ1) is 15.3. The highest BCUT2D eigenvalue weighted by Gasteiger charge is 2.21. The van der Waals surface area contributed by atoms with Crippen molar-refractivity contribution in [2.24, 2.45) is 5.73 Å². The Hall–Kier alpha value is -1.76. The van der Waals surface area contributed by atoms with Crippen LogP contribution in [0, 0.1) is 0 Å². The second kappa shape index (κ2) is 6.98. The van der Waals surface area contributed by atoms with Gasteiger partial charge in [0.2, 0.25) is 0 Å². The fraction of sp³-hybridized carbons (Fsp3) is 0.385. The van der Waals surface area contributed by atoms with Crippen molar-refractivity contribution in [1.82, 2.24) is 0 Å². The molecule has 0 amide bonds. The van der Waals surface area contributed by atoms with Gasteiger partial charge in [0.15, 0.2) is 5.78 Å². The summed E-state index contributed by atoms with van der Waals surface area (Å²) in [5.74, 6) is -0.822. The maximum absolute atomic E-state index is 11.3. The molecule has 0 saturated heterocycles. The number of nitrogens with two attached hydrogens (primary N) is 1. The summed E-state index contributed by atoms with van der Waals surface area (Å²) in [6.45, 7) is -0.0904. The number of benzene rings is 1. The van der Waals surface area contributed by atoms with Crippen LogP contribution in [0.4, 0.5) is 0 Å². The van der Waals surface area contributed by atoms with Gasteiger partial charge < -0.3 is 20.7 Å². The molecule has 0 fully saturated rings. The van der Waals surface area contributed by atoms with Gasteiger partial charge in [-0.25, -0.2) is 0 Å². The highest BCUT2D eigenvalue weighted by atomic mass is 16.5. The third-order valence-electron chi connectivity index (χ3n) is 2.73. The van der Waals surface area contributed by atoms with E-state index in [-0.39, 0.29) is 18.7 Å². The summed E-state index contributed by atoms with van der Waals surface area (Å²) in [7, 11) is 1.20. The molecule has 0 bridgehead atoms. The number of ketones is 1. The van der Waals surface area contributed by atoms with E-state index in [1.165, 1.54) is 31.4 Å². The van der Waals surface area contributed by atoms with Crippen LogP contribution in [0.2, 0.25) is 0 Å². The Bertz CT molecular complexity index is 443. The van der Waals surface area contributed by atoms with Crippen molar-refractivity contribution in [3.63, 3.8) is 0 Å². The number of carbonyl (C=O) groups is 2. The molecule has 2 atom stereocenters. The highest BCUT2D eigenvalue weighted by Crippen LogP contribution is 2.20. The number of aliphatic hydroxyl groups excluding tert-OH is 2. The SMILES string of the molecule is COC(=O)CC(O)C(O)c1ccc(C(=O)CN)cc1. The van der Waals surface area contributed by atoms with E-state index < -0.39 is 18.2 Å². The van der Waals surface area contributed by atoms with E-state index >= 15 is 0 Å². The van der Waals surface area contributed by atoms with Gasteiger partial charge in [-0.3, -0.25) is 9.59 Å². The van der Waals surface area contributed by atoms with Gasteiger partial charge in [-0.2, -0.15) is 0 Å². The second-order valence-electron chi connectivity index (χ2n) is 4.04. The van der Waals surface area contributed by atoms with Crippen LogP contribution in [-0.4, -0.2) is 41.7 Å². The summed E-state index contributed by atoms with van der Waals surface area (Å²) in [5.41, 5.74) is 6.07. The number of carbonyl (C=O) groups excluding carboxylic acids is 2. The lowest BCUT2D eigenvalue weighted by Crippen LogP contribution is -2.22. The van der Waals surface area contributed by atoms with Crippen LogP contribution in [0.3, 0.4) is 0 Å². The van der Waals surface area contributed by atoms with Gasteiger partial charge >= 0.3 is 5.97 Å². The third-order valence-corrected chi connectivity index (χ3v) is 2.73. The fourth-order valence-electron chi connectivity index (χ4n) is 1.57. The molecule has 0 spiro atoms. The topological polar surface area (TPSA) is 110 Å².